The molecule has 4 heterocycles. The van der Waals surface area contributed by atoms with Crippen molar-refractivity contribution >= 4 is 45.0 Å². The van der Waals surface area contributed by atoms with Gasteiger partial charge in [0, 0.05) is 39.0 Å². The van der Waals surface area contributed by atoms with Crippen LogP contribution in [0.1, 0.15) is 16.8 Å². The van der Waals surface area contributed by atoms with Gasteiger partial charge in [-0.3, -0.25) is 4.57 Å². The molecule has 11 rings (SSSR count). The lowest BCUT2D eigenvalue weighted by Crippen LogP contribution is -2.02. The van der Waals surface area contributed by atoms with Crippen LogP contribution < -0.4 is 0 Å². The maximum absolute atomic E-state index is 5.34. The van der Waals surface area contributed by atoms with Gasteiger partial charge in [-0.05, 0) is 94.4 Å². The van der Waals surface area contributed by atoms with Gasteiger partial charge in [0.15, 0.2) is 11.5 Å². The third kappa shape index (κ3) is 6.72. The maximum Gasteiger partial charge on any atom is 0.162 e. The van der Waals surface area contributed by atoms with Gasteiger partial charge in [-0.2, -0.15) is 0 Å². The number of fused-ring (bicyclic) bond motifs is 4. The van der Waals surface area contributed by atoms with Crippen LogP contribution in [-0.2, 0) is 0 Å². The van der Waals surface area contributed by atoms with Crippen molar-refractivity contribution in [3.05, 3.63) is 223 Å². The molecule has 0 saturated carbocycles. The Bertz CT molecular complexity index is 3450. The van der Waals surface area contributed by atoms with E-state index in [9.17, 15) is 0 Å². The van der Waals surface area contributed by atoms with Gasteiger partial charge in [-0.15, -0.1) is 0 Å². The van der Waals surface area contributed by atoms with Crippen molar-refractivity contribution in [1.82, 2.24) is 24.5 Å². The van der Waals surface area contributed by atoms with E-state index in [2.05, 4.69) is 181 Å². The Labute approximate surface area is 360 Å². The minimum atomic E-state index is 0.684. The predicted octanol–water partition coefficient (Wildman–Crippen LogP) is 14.3. The van der Waals surface area contributed by atoms with Gasteiger partial charge in [0.2, 0.25) is 0 Å². The Balaban J connectivity index is 1.10. The lowest BCUT2D eigenvalue weighted by atomic mass is 9.90. The summed E-state index contributed by atoms with van der Waals surface area (Å²) in [4.78, 5) is 20.6. The molecule has 0 radical (unpaired) electrons. The highest BCUT2D eigenvalue weighted by Crippen LogP contribution is 2.41. The van der Waals surface area contributed by atoms with Crippen molar-refractivity contribution in [2.75, 3.05) is 0 Å². The molecule has 0 unspecified atom stereocenters. The summed E-state index contributed by atoms with van der Waals surface area (Å²) >= 11 is 0. The van der Waals surface area contributed by atoms with Crippen molar-refractivity contribution in [2.24, 2.45) is 0 Å². The second kappa shape index (κ2) is 15.7. The van der Waals surface area contributed by atoms with Crippen LogP contribution in [0.5, 0.6) is 0 Å². The summed E-state index contributed by atoms with van der Waals surface area (Å²) in [5.41, 5.74) is 15.4. The molecule has 292 valence electrons. The molecule has 0 atom stereocenters. The summed E-state index contributed by atoms with van der Waals surface area (Å²) in [6.45, 7) is 2.18. The average molecular weight is 794 g/mol. The molecular formula is C57H39N5. The number of rotatable bonds is 8. The predicted molar refractivity (Wildman–Crippen MR) is 257 cm³/mol. The molecule has 5 nitrogen and oxygen atoms in total. The summed E-state index contributed by atoms with van der Waals surface area (Å²) in [5, 5.41) is 3.33. The molecule has 4 aromatic heterocycles. The van der Waals surface area contributed by atoms with Crippen LogP contribution in [0.3, 0.4) is 0 Å². The fourth-order valence-corrected chi connectivity index (χ4v) is 8.61. The number of pyridine rings is 2. The van der Waals surface area contributed by atoms with Crippen molar-refractivity contribution in [3.8, 4) is 61.8 Å². The van der Waals surface area contributed by atoms with Gasteiger partial charge in [0.1, 0.15) is 5.82 Å². The second-order valence-corrected chi connectivity index (χ2v) is 15.5. The zero-order chi connectivity index (χ0) is 41.4. The Morgan fingerprint density at radius 2 is 1.06 bits per heavy atom. The SMILES string of the molecule is Cc1ccc(-c2ccc3c(c2)c2ccccc2n3-c2cc(-c3ccccc3)c3cccnc3n2)cc1-c1c(C=Cc2ccccc2)nc(-c2ccccc2)nc1-c1ccccc1. The largest absolute Gasteiger partial charge is 0.294 e. The average Bonchev–Trinajstić information content (AvgIpc) is 3.68. The van der Waals surface area contributed by atoms with Gasteiger partial charge >= 0.3 is 0 Å². The molecule has 0 fully saturated rings. The minimum Gasteiger partial charge on any atom is -0.294 e. The number of aromatic nitrogens is 5. The van der Waals surface area contributed by atoms with Gasteiger partial charge in [0.05, 0.1) is 22.4 Å². The summed E-state index contributed by atoms with van der Waals surface area (Å²) in [7, 11) is 0. The van der Waals surface area contributed by atoms with Crippen molar-refractivity contribution < 1.29 is 0 Å². The van der Waals surface area contributed by atoms with E-state index in [-0.39, 0.29) is 0 Å². The van der Waals surface area contributed by atoms with Gasteiger partial charge < -0.3 is 0 Å². The smallest absolute Gasteiger partial charge is 0.162 e. The van der Waals surface area contributed by atoms with Crippen molar-refractivity contribution in [1.29, 1.82) is 0 Å². The quantitative estimate of drug-likeness (QED) is 0.154. The summed E-state index contributed by atoms with van der Waals surface area (Å²) in [6, 6.07) is 70.0. The van der Waals surface area contributed by atoms with Crippen LogP contribution in [0.15, 0.2) is 206 Å². The Kier molecular flexibility index (Phi) is 9.32. The number of nitrogens with zero attached hydrogens (tertiary/aromatic N) is 5. The Hall–Kier alpha value is -8.28. The summed E-state index contributed by atoms with van der Waals surface area (Å²) in [5.74, 6) is 1.51. The molecular weight excluding hydrogens is 755 g/mol. The molecule has 0 N–H and O–H groups in total. The molecule has 0 aliphatic rings. The monoisotopic (exact) mass is 793 g/mol. The molecule has 0 spiro atoms. The summed E-state index contributed by atoms with van der Waals surface area (Å²) in [6.07, 6.45) is 6.09. The lowest BCUT2D eigenvalue weighted by molar-refractivity contribution is 1.09. The molecule has 7 aromatic carbocycles. The molecule has 62 heavy (non-hydrogen) atoms. The topological polar surface area (TPSA) is 56.5 Å². The van der Waals surface area contributed by atoms with Crippen LogP contribution in [0.4, 0.5) is 0 Å². The zero-order valence-corrected chi connectivity index (χ0v) is 34.0. The Morgan fingerprint density at radius 1 is 0.435 bits per heavy atom. The lowest BCUT2D eigenvalue weighted by Gasteiger charge is -2.18. The normalized spacial score (nSPS) is 11.6. The highest BCUT2D eigenvalue weighted by molar-refractivity contribution is 6.11. The molecule has 0 amide bonds. The van der Waals surface area contributed by atoms with Crippen LogP contribution in [0.2, 0.25) is 0 Å². The number of para-hydroxylation sites is 1. The molecule has 0 aliphatic heterocycles. The highest BCUT2D eigenvalue weighted by atomic mass is 15.1. The van der Waals surface area contributed by atoms with Gasteiger partial charge in [-0.25, -0.2) is 19.9 Å². The molecule has 0 bridgehead atoms. The van der Waals surface area contributed by atoms with E-state index in [0.717, 1.165) is 100 Å². The van der Waals surface area contributed by atoms with E-state index in [1.165, 1.54) is 0 Å². The third-order valence-electron chi connectivity index (χ3n) is 11.6. The third-order valence-corrected chi connectivity index (χ3v) is 11.6. The number of aryl methyl sites for hydroxylation is 1. The molecule has 11 aromatic rings. The van der Waals surface area contributed by atoms with Crippen molar-refractivity contribution in [3.63, 3.8) is 0 Å². The Morgan fingerprint density at radius 3 is 1.84 bits per heavy atom. The number of benzene rings is 7. The van der Waals surface area contributed by atoms with E-state index in [4.69, 9.17) is 19.9 Å². The van der Waals surface area contributed by atoms with Gasteiger partial charge in [0.25, 0.3) is 0 Å². The van der Waals surface area contributed by atoms with Crippen LogP contribution in [0.25, 0.3) is 107 Å². The first-order valence-electron chi connectivity index (χ1n) is 20.9. The van der Waals surface area contributed by atoms with E-state index in [0.29, 0.717) is 11.5 Å². The van der Waals surface area contributed by atoms with Gasteiger partial charge in [-0.1, -0.05) is 164 Å². The molecule has 0 aliphatic carbocycles. The fourth-order valence-electron chi connectivity index (χ4n) is 8.61. The standard InChI is InChI=1S/C57H39N5/c1-38-28-30-43(35-47(38)54-50(32-29-39-17-6-2-7-18-39)59-56(42-23-12-5-13-24-42)61-55(54)41-21-10-4-11-22-41)44-31-33-52-49(36-44)45-25-14-15-27-51(45)62(52)53-37-48(40-19-8-3-9-20-40)46-26-16-34-58-57(46)60-53/h2-37H,1H3. The van der Waals surface area contributed by atoms with E-state index in [1.54, 1.807) is 0 Å². The number of hydrogen-bond acceptors (Lipinski definition) is 4. The second-order valence-electron chi connectivity index (χ2n) is 15.5. The highest BCUT2D eigenvalue weighted by Gasteiger charge is 2.21. The number of hydrogen-bond donors (Lipinski definition) is 0. The van der Waals surface area contributed by atoms with Crippen LogP contribution in [0, 0.1) is 6.92 Å². The first-order valence-corrected chi connectivity index (χ1v) is 20.9. The van der Waals surface area contributed by atoms with E-state index < -0.39 is 0 Å². The first kappa shape index (κ1) is 36.8. The van der Waals surface area contributed by atoms with Crippen molar-refractivity contribution in [2.45, 2.75) is 6.92 Å². The van der Waals surface area contributed by atoms with Crippen LogP contribution in [-0.4, -0.2) is 24.5 Å². The first-order chi connectivity index (χ1) is 30.7. The summed E-state index contributed by atoms with van der Waals surface area (Å²) < 4.78 is 2.28. The fraction of sp³-hybridized carbons (Fsp3) is 0.0175. The molecule has 5 heteroatoms. The molecule has 0 saturated heterocycles. The van der Waals surface area contributed by atoms with E-state index >= 15 is 0 Å². The van der Waals surface area contributed by atoms with Crippen LogP contribution >= 0.6 is 0 Å². The maximum atomic E-state index is 5.34. The zero-order valence-electron chi connectivity index (χ0n) is 34.0. The minimum absolute atomic E-state index is 0.684. The van der Waals surface area contributed by atoms with E-state index in [1.807, 2.05) is 48.7 Å².